The number of fused-ring (bicyclic) bond motifs is 18. The van der Waals surface area contributed by atoms with Gasteiger partial charge in [0.1, 0.15) is 23.3 Å². The Labute approximate surface area is 501 Å². The number of para-hydroxylation sites is 8. The third kappa shape index (κ3) is 7.28. The highest BCUT2D eigenvalue weighted by Crippen LogP contribution is 2.52. The average Bonchev–Trinajstić information content (AvgIpc) is 1.54. The first kappa shape index (κ1) is 50.4. The minimum atomic E-state index is -0.416. The lowest BCUT2D eigenvalue weighted by atomic mass is 9.93. The van der Waals surface area contributed by atoms with Crippen LogP contribution < -0.4 is 0 Å². The Morgan fingerprint density at radius 1 is 0.310 bits per heavy atom. The summed E-state index contributed by atoms with van der Waals surface area (Å²) in [6.45, 7) is 13.0. The van der Waals surface area contributed by atoms with Gasteiger partial charge in [0.25, 0.3) is 0 Å². The second kappa shape index (κ2) is 18.5. The van der Waals surface area contributed by atoms with Crippen LogP contribution in [-0.4, -0.2) is 37.8 Å². The van der Waals surface area contributed by atoms with Crippen molar-refractivity contribution in [2.75, 3.05) is 0 Å². The van der Waals surface area contributed by atoms with Crippen molar-refractivity contribution < 1.29 is 0 Å². The summed E-state index contributed by atoms with van der Waals surface area (Å²) in [6.07, 6.45) is 0. The number of hydrogen-bond donors (Lipinski definition) is 0. The first-order chi connectivity index (χ1) is 42.4. The van der Waals surface area contributed by atoms with E-state index >= 15 is 0 Å². The third-order valence-corrected chi connectivity index (χ3v) is 17.8. The van der Waals surface area contributed by atoms with Gasteiger partial charge in [-0.15, -0.1) is 0 Å². The maximum absolute atomic E-state index is 12.6. The predicted molar refractivity (Wildman–Crippen MR) is 359 cm³/mol. The van der Waals surface area contributed by atoms with Gasteiger partial charge in [-0.2, -0.15) is 5.26 Å². The van der Waals surface area contributed by atoms with Crippen LogP contribution in [0, 0.1) is 11.3 Å². The molecule has 6 heterocycles. The summed E-state index contributed by atoms with van der Waals surface area (Å²) >= 11 is 0. The fourth-order valence-corrected chi connectivity index (χ4v) is 14.0. The molecular weight excluding hydrogens is 1060 g/mol. The largest absolute Gasteiger partial charge is 0.309 e. The van der Waals surface area contributed by atoms with Crippen molar-refractivity contribution in [1.29, 1.82) is 5.26 Å². The normalized spacial score (nSPS) is 12.5. The molecule has 87 heavy (non-hydrogen) atoms. The molecule has 0 atom stereocenters. The number of hydrogen-bond acceptors (Lipinski definition) is 4. The molecule has 17 rings (SSSR count). The summed E-state index contributed by atoms with van der Waals surface area (Å²) in [6, 6.07) is 87.9. The molecule has 0 aliphatic rings. The molecule has 414 valence electrons. The molecular formula is C78H57N9. The monoisotopic (exact) mass is 1120 g/mol. The highest BCUT2D eigenvalue weighted by atomic mass is 15.1. The molecule has 0 radical (unpaired) electrons. The second-order valence-electron chi connectivity index (χ2n) is 25.1. The van der Waals surface area contributed by atoms with Crippen LogP contribution in [0.15, 0.2) is 237 Å². The molecule has 17 aromatic rings. The van der Waals surface area contributed by atoms with Crippen LogP contribution in [0.2, 0.25) is 0 Å². The Kier molecular flexibility index (Phi) is 10.7. The van der Waals surface area contributed by atoms with Crippen LogP contribution in [0.1, 0.15) is 58.8 Å². The third-order valence-electron chi connectivity index (χ3n) is 17.8. The predicted octanol–water partition coefficient (Wildman–Crippen LogP) is 19.5. The van der Waals surface area contributed by atoms with Gasteiger partial charge in [0.05, 0.1) is 66.5 Å². The van der Waals surface area contributed by atoms with Gasteiger partial charge in [-0.05, 0) is 91.0 Å². The summed E-state index contributed by atoms with van der Waals surface area (Å²) in [5.41, 5.74) is 15.5. The molecule has 9 heteroatoms. The number of aromatic nitrogens is 8. The number of nitriles is 1. The van der Waals surface area contributed by atoms with Gasteiger partial charge in [-0.1, -0.05) is 187 Å². The van der Waals surface area contributed by atoms with Gasteiger partial charge in [0, 0.05) is 87.3 Å². The number of rotatable bonds is 6. The molecule has 0 bridgehead atoms. The van der Waals surface area contributed by atoms with Gasteiger partial charge >= 0.3 is 0 Å². The van der Waals surface area contributed by atoms with Gasteiger partial charge in [-0.25, -0.2) is 15.0 Å². The van der Waals surface area contributed by atoms with E-state index in [1.807, 2.05) is 0 Å². The van der Waals surface area contributed by atoms with Crippen molar-refractivity contribution in [2.24, 2.45) is 0 Å². The standard InChI is InChI=1S/C78H57N9/c1-77(2,3)75-80-74(81-76(82-75)78(4,5)6)47-42-64(86-60-38-22-17-33-52(60)57-44-66-56(45-67(57)86)51-32-16-21-37-59(51)83(66)48-26-10-7-11-27-48)58(46-79)65(43-47)87-63-41-25-20-36-55(63)70-72-68(53-34-18-23-39-61(53)84(72)49-28-12-8-13-29-49)71-69(73(70)87)54-35-19-24-40-62(54)85(71)50-30-14-9-15-31-50/h7-45H,1-6H3. The molecule has 0 N–H and O–H groups in total. The van der Waals surface area contributed by atoms with Crippen LogP contribution in [0.3, 0.4) is 0 Å². The number of nitrogens with zero attached hydrogens (tertiary/aromatic N) is 9. The first-order valence-electron chi connectivity index (χ1n) is 29.8. The van der Waals surface area contributed by atoms with Crippen molar-refractivity contribution in [3.63, 3.8) is 0 Å². The Hall–Kier alpha value is -11.1. The molecule has 6 aromatic heterocycles. The molecule has 0 amide bonds. The Morgan fingerprint density at radius 2 is 0.632 bits per heavy atom. The summed E-state index contributed by atoms with van der Waals surface area (Å²) in [4.78, 5) is 16.1. The lowest BCUT2D eigenvalue weighted by Crippen LogP contribution is -2.24. The van der Waals surface area contributed by atoms with Gasteiger partial charge in [0.15, 0.2) is 5.82 Å². The van der Waals surface area contributed by atoms with Gasteiger partial charge in [0.2, 0.25) is 0 Å². The average molecular weight is 1120 g/mol. The summed E-state index contributed by atoms with van der Waals surface area (Å²) in [7, 11) is 0. The zero-order valence-corrected chi connectivity index (χ0v) is 49.0. The van der Waals surface area contributed by atoms with Crippen LogP contribution >= 0.6 is 0 Å². The van der Waals surface area contributed by atoms with E-state index in [-0.39, 0.29) is 0 Å². The fraction of sp³-hybridized carbons (Fsp3) is 0.103. The smallest absolute Gasteiger partial charge is 0.163 e. The Morgan fingerprint density at radius 3 is 1.05 bits per heavy atom. The van der Waals surface area contributed by atoms with Crippen LogP contribution in [0.25, 0.3) is 149 Å². The van der Waals surface area contributed by atoms with E-state index in [9.17, 15) is 5.26 Å². The second-order valence-corrected chi connectivity index (χ2v) is 25.1. The zero-order chi connectivity index (χ0) is 58.6. The van der Waals surface area contributed by atoms with Crippen LogP contribution in [0.4, 0.5) is 0 Å². The zero-order valence-electron chi connectivity index (χ0n) is 49.0. The fourth-order valence-electron chi connectivity index (χ4n) is 14.0. The van der Waals surface area contributed by atoms with E-state index in [2.05, 4.69) is 307 Å². The quantitative estimate of drug-likeness (QED) is 0.166. The summed E-state index contributed by atoms with van der Waals surface area (Å²) in [5.74, 6) is 1.93. The molecule has 0 fully saturated rings. The molecule has 11 aromatic carbocycles. The Bertz CT molecular complexity index is 5670. The topological polar surface area (TPSA) is 87.1 Å². The molecule has 0 aliphatic carbocycles. The number of benzene rings is 11. The highest BCUT2D eigenvalue weighted by molar-refractivity contribution is 6.40. The van der Waals surface area contributed by atoms with Crippen LogP contribution in [0.5, 0.6) is 0 Å². The van der Waals surface area contributed by atoms with E-state index in [4.69, 9.17) is 15.0 Å². The maximum atomic E-state index is 12.6. The van der Waals surface area contributed by atoms with Crippen molar-refractivity contribution >= 4 is 109 Å². The summed E-state index contributed by atoms with van der Waals surface area (Å²) < 4.78 is 12.0. The van der Waals surface area contributed by atoms with Gasteiger partial charge < -0.3 is 22.8 Å². The maximum Gasteiger partial charge on any atom is 0.163 e. The van der Waals surface area contributed by atoms with Gasteiger partial charge in [-0.3, -0.25) is 0 Å². The van der Waals surface area contributed by atoms with E-state index < -0.39 is 10.8 Å². The lowest BCUT2D eigenvalue weighted by molar-refractivity contribution is 0.497. The molecule has 0 unspecified atom stereocenters. The van der Waals surface area contributed by atoms with E-state index in [1.54, 1.807) is 0 Å². The van der Waals surface area contributed by atoms with E-state index in [0.717, 1.165) is 132 Å². The van der Waals surface area contributed by atoms with E-state index in [1.165, 1.54) is 0 Å². The molecule has 0 spiro atoms. The van der Waals surface area contributed by atoms with Crippen LogP contribution in [-0.2, 0) is 10.8 Å². The summed E-state index contributed by atoms with van der Waals surface area (Å²) in [5, 5.41) is 23.6. The molecule has 0 aliphatic heterocycles. The molecule has 0 saturated carbocycles. The minimum Gasteiger partial charge on any atom is -0.309 e. The first-order valence-corrected chi connectivity index (χ1v) is 29.8. The van der Waals surface area contributed by atoms with Crippen molar-refractivity contribution in [1.82, 2.24) is 37.8 Å². The van der Waals surface area contributed by atoms with E-state index in [0.29, 0.717) is 34.4 Å². The lowest BCUT2D eigenvalue weighted by Gasteiger charge is -2.23. The highest BCUT2D eigenvalue weighted by Gasteiger charge is 2.32. The minimum absolute atomic E-state index is 0.416. The molecule has 9 nitrogen and oxygen atoms in total. The molecule has 0 saturated heterocycles. The Balaban J connectivity index is 1.11. The van der Waals surface area contributed by atoms with Crippen molar-refractivity contribution in [3.05, 3.63) is 254 Å². The van der Waals surface area contributed by atoms with Crippen molar-refractivity contribution in [3.8, 4) is 45.9 Å². The SMILES string of the molecule is CC(C)(C)c1nc(-c2cc(-n3c4ccccc4c4cc5c(cc43)c3ccccc3n5-c3ccccc3)c(C#N)c(-n3c4ccccc4c4c5c(c6ccccc6n5-c5ccccc5)c5c(c6ccccc6n5-c5ccccc5)c43)c2)nc(C(C)(C)C)n1. The van der Waals surface area contributed by atoms with Crippen molar-refractivity contribution in [2.45, 2.75) is 52.4 Å².